The van der Waals surface area contributed by atoms with Crippen molar-refractivity contribution in [3.8, 4) is 11.5 Å². The fourth-order valence-corrected chi connectivity index (χ4v) is 3.33. The Hall–Kier alpha value is -1.72. The van der Waals surface area contributed by atoms with E-state index in [2.05, 4.69) is 0 Å². The molecule has 0 aromatic heterocycles. The number of fused-ring (bicyclic) bond motifs is 1. The third-order valence-corrected chi connectivity index (χ3v) is 4.56. The summed E-state index contributed by atoms with van der Waals surface area (Å²) in [5.41, 5.74) is 0.194. The molecule has 0 bridgehead atoms. The van der Waals surface area contributed by atoms with Crippen molar-refractivity contribution in [1.29, 1.82) is 0 Å². The minimum absolute atomic E-state index is 0.121. The van der Waals surface area contributed by atoms with Crippen LogP contribution in [0.15, 0.2) is 47.4 Å². The molecule has 5 heteroatoms. The van der Waals surface area contributed by atoms with Crippen molar-refractivity contribution >= 4 is 11.8 Å². The Balaban J connectivity index is 1.85. The first kappa shape index (κ1) is 14.2. The lowest BCUT2D eigenvalue weighted by Gasteiger charge is -2.29. The summed E-state index contributed by atoms with van der Waals surface area (Å²) >= 11 is 1.60. The molecule has 3 nitrogen and oxygen atoms in total. The van der Waals surface area contributed by atoms with Gasteiger partial charge in [-0.25, -0.2) is 4.39 Å². The van der Waals surface area contributed by atoms with Crippen LogP contribution in [0.1, 0.15) is 11.7 Å². The SMILES string of the molecule is COc1cccc(C(O)C2CSc3ccccc3O2)c1F. The maximum absolute atomic E-state index is 14.2. The van der Waals surface area contributed by atoms with E-state index in [9.17, 15) is 9.50 Å². The fraction of sp³-hybridized carbons (Fsp3) is 0.250. The van der Waals surface area contributed by atoms with Crippen LogP contribution in [0.3, 0.4) is 0 Å². The Labute approximate surface area is 126 Å². The van der Waals surface area contributed by atoms with Crippen molar-refractivity contribution in [2.24, 2.45) is 0 Å². The largest absolute Gasteiger partial charge is 0.494 e. The van der Waals surface area contributed by atoms with Crippen molar-refractivity contribution < 1.29 is 19.0 Å². The molecule has 0 aliphatic carbocycles. The number of aliphatic hydroxyl groups excluding tert-OH is 1. The molecule has 2 aromatic rings. The molecule has 0 amide bonds. The third kappa shape index (κ3) is 2.71. The number of rotatable bonds is 3. The van der Waals surface area contributed by atoms with Crippen LogP contribution in [0, 0.1) is 5.82 Å². The molecule has 0 radical (unpaired) electrons. The molecule has 1 heterocycles. The summed E-state index contributed by atoms with van der Waals surface area (Å²) in [6, 6.07) is 12.4. The van der Waals surface area contributed by atoms with Crippen LogP contribution in [0.5, 0.6) is 11.5 Å². The highest BCUT2D eigenvalue weighted by atomic mass is 32.2. The Morgan fingerprint density at radius 3 is 2.90 bits per heavy atom. The smallest absolute Gasteiger partial charge is 0.170 e. The van der Waals surface area contributed by atoms with Crippen LogP contribution in [-0.4, -0.2) is 24.1 Å². The van der Waals surface area contributed by atoms with E-state index in [1.165, 1.54) is 13.2 Å². The summed E-state index contributed by atoms with van der Waals surface area (Å²) in [6.07, 6.45) is -1.53. The quantitative estimate of drug-likeness (QED) is 0.943. The standard InChI is InChI=1S/C16H15FO3S/c1-19-12-7-4-5-10(15(12)17)16(18)13-9-21-14-8-3-2-6-11(14)20-13/h2-8,13,16,18H,9H2,1H3. The maximum atomic E-state index is 14.2. The zero-order valence-electron chi connectivity index (χ0n) is 11.5. The van der Waals surface area contributed by atoms with Crippen LogP contribution < -0.4 is 9.47 Å². The number of hydrogen-bond donors (Lipinski definition) is 1. The second-order valence-corrected chi connectivity index (χ2v) is 5.78. The van der Waals surface area contributed by atoms with Crippen LogP contribution in [0.25, 0.3) is 0 Å². The fourth-order valence-electron chi connectivity index (χ4n) is 2.31. The number of ether oxygens (including phenoxy) is 2. The van der Waals surface area contributed by atoms with E-state index in [1.54, 1.807) is 23.9 Å². The molecule has 1 N–H and O–H groups in total. The molecule has 2 atom stereocenters. The predicted molar refractivity (Wildman–Crippen MR) is 79.5 cm³/mol. The molecule has 0 saturated carbocycles. The lowest BCUT2D eigenvalue weighted by atomic mass is 10.0. The number of methoxy groups -OCH3 is 1. The molecule has 21 heavy (non-hydrogen) atoms. The van der Waals surface area contributed by atoms with Gasteiger partial charge in [-0.3, -0.25) is 0 Å². The molecule has 110 valence electrons. The van der Waals surface area contributed by atoms with Crippen molar-refractivity contribution in [1.82, 2.24) is 0 Å². The summed E-state index contributed by atoms with van der Waals surface area (Å²) < 4.78 is 25.0. The van der Waals surface area contributed by atoms with Crippen LogP contribution in [0.2, 0.25) is 0 Å². The van der Waals surface area contributed by atoms with Gasteiger partial charge in [-0.1, -0.05) is 24.3 Å². The van der Waals surface area contributed by atoms with Gasteiger partial charge < -0.3 is 14.6 Å². The van der Waals surface area contributed by atoms with E-state index in [1.807, 2.05) is 24.3 Å². The van der Waals surface area contributed by atoms with Crippen molar-refractivity contribution in [2.75, 3.05) is 12.9 Å². The van der Waals surface area contributed by atoms with Gasteiger partial charge in [-0.05, 0) is 18.2 Å². The maximum Gasteiger partial charge on any atom is 0.170 e. The molecule has 2 aromatic carbocycles. The molecular formula is C16H15FO3S. The zero-order valence-corrected chi connectivity index (χ0v) is 12.3. The van der Waals surface area contributed by atoms with Crippen molar-refractivity contribution in [3.05, 3.63) is 53.8 Å². The molecule has 1 aliphatic heterocycles. The van der Waals surface area contributed by atoms with E-state index < -0.39 is 18.0 Å². The molecule has 0 fully saturated rings. The number of aliphatic hydroxyl groups is 1. The Kier molecular flexibility index (Phi) is 4.03. The topological polar surface area (TPSA) is 38.7 Å². The molecule has 0 saturated heterocycles. The van der Waals surface area contributed by atoms with Crippen molar-refractivity contribution in [2.45, 2.75) is 17.1 Å². The number of para-hydroxylation sites is 1. The summed E-state index contributed by atoms with van der Waals surface area (Å²) in [5.74, 6) is 0.867. The van der Waals surface area contributed by atoms with Crippen molar-refractivity contribution in [3.63, 3.8) is 0 Å². The molecule has 3 rings (SSSR count). The highest BCUT2D eigenvalue weighted by Crippen LogP contribution is 2.39. The molecule has 1 aliphatic rings. The van der Waals surface area contributed by atoms with Crippen LogP contribution >= 0.6 is 11.8 Å². The van der Waals surface area contributed by atoms with E-state index >= 15 is 0 Å². The Morgan fingerprint density at radius 2 is 2.10 bits per heavy atom. The minimum Gasteiger partial charge on any atom is -0.494 e. The number of hydrogen-bond acceptors (Lipinski definition) is 4. The van der Waals surface area contributed by atoms with Gasteiger partial charge in [0.1, 0.15) is 18.0 Å². The van der Waals surface area contributed by atoms with Gasteiger partial charge in [0.25, 0.3) is 0 Å². The number of benzene rings is 2. The minimum atomic E-state index is -1.04. The zero-order chi connectivity index (χ0) is 14.8. The van der Waals surface area contributed by atoms with Crippen LogP contribution in [0.4, 0.5) is 4.39 Å². The highest BCUT2D eigenvalue weighted by Gasteiger charge is 2.30. The third-order valence-electron chi connectivity index (χ3n) is 3.41. The lowest BCUT2D eigenvalue weighted by Crippen LogP contribution is -2.30. The highest BCUT2D eigenvalue weighted by molar-refractivity contribution is 7.99. The van der Waals surface area contributed by atoms with E-state index in [0.717, 1.165) is 10.6 Å². The normalized spacial score (nSPS) is 18.5. The Morgan fingerprint density at radius 1 is 1.29 bits per heavy atom. The average molecular weight is 306 g/mol. The average Bonchev–Trinajstić information content (AvgIpc) is 2.54. The van der Waals surface area contributed by atoms with E-state index in [4.69, 9.17) is 9.47 Å². The first-order chi connectivity index (χ1) is 10.2. The second kappa shape index (κ2) is 5.95. The summed E-state index contributed by atoms with van der Waals surface area (Å²) in [4.78, 5) is 1.03. The van der Waals surface area contributed by atoms with Gasteiger partial charge in [0.15, 0.2) is 11.6 Å². The Bertz CT molecular complexity index is 647. The van der Waals surface area contributed by atoms with Gasteiger partial charge in [0.2, 0.25) is 0 Å². The lowest BCUT2D eigenvalue weighted by molar-refractivity contribution is 0.0430. The molecular weight excluding hydrogens is 291 g/mol. The molecule has 2 unspecified atom stereocenters. The first-order valence-electron chi connectivity index (χ1n) is 6.59. The first-order valence-corrected chi connectivity index (χ1v) is 7.58. The van der Waals surface area contributed by atoms with E-state index in [0.29, 0.717) is 5.75 Å². The number of thioether (sulfide) groups is 1. The van der Waals surface area contributed by atoms with E-state index in [-0.39, 0.29) is 11.3 Å². The van der Waals surface area contributed by atoms with Gasteiger partial charge >= 0.3 is 0 Å². The van der Waals surface area contributed by atoms with Gasteiger partial charge in [-0.15, -0.1) is 11.8 Å². The van der Waals surface area contributed by atoms with Gasteiger partial charge in [0, 0.05) is 16.2 Å². The number of halogens is 1. The summed E-state index contributed by atoms with van der Waals surface area (Å²) in [7, 11) is 1.40. The monoisotopic (exact) mass is 306 g/mol. The van der Waals surface area contributed by atoms with Gasteiger partial charge in [-0.2, -0.15) is 0 Å². The van der Waals surface area contributed by atoms with Gasteiger partial charge in [0.05, 0.1) is 7.11 Å². The summed E-state index contributed by atoms with van der Waals surface area (Å²) in [5, 5.41) is 10.4. The second-order valence-electron chi connectivity index (χ2n) is 4.72. The summed E-state index contributed by atoms with van der Waals surface area (Å²) in [6.45, 7) is 0. The predicted octanol–water partition coefficient (Wildman–Crippen LogP) is 3.42. The van der Waals surface area contributed by atoms with Crippen LogP contribution in [-0.2, 0) is 0 Å². The molecule has 0 spiro atoms.